The number of thiazole rings is 1. The molecule has 1 heterocycles. The molecule has 0 aliphatic carbocycles. The molecule has 0 saturated carbocycles. The number of nitrogens with zero attached hydrogens (tertiary/aromatic N) is 2. The molecule has 0 unspecified atom stereocenters. The topological polar surface area (TPSA) is 91.8 Å². The Balaban J connectivity index is 2.29. The highest BCUT2D eigenvalue weighted by atomic mass is 32.1. The second kappa shape index (κ2) is 4.16. The maximum atomic E-state index is 10.6. The van der Waals surface area contributed by atoms with E-state index in [0.29, 0.717) is 5.01 Å². The molecular weight excluding hydrogens is 224 g/mol. The van der Waals surface area contributed by atoms with Gasteiger partial charge in [-0.3, -0.25) is 4.79 Å². The Morgan fingerprint density at radius 2 is 2.44 bits per heavy atom. The number of nitrogens with two attached hydrogens (primary N) is 1. The summed E-state index contributed by atoms with van der Waals surface area (Å²) in [6.45, 7) is 0.0927. The molecule has 3 N–H and O–H groups in total. The Hall–Kier alpha value is -2.13. The summed E-state index contributed by atoms with van der Waals surface area (Å²) < 4.78 is 0.908. The fourth-order valence-electron chi connectivity index (χ4n) is 1.27. The number of carbonyl (C=O) groups excluding carboxylic acids is 1. The molecule has 0 aliphatic rings. The summed E-state index contributed by atoms with van der Waals surface area (Å²) in [6.07, 6.45) is 0. The first-order chi connectivity index (χ1) is 7.69. The Kier molecular flexibility index (Phi) is 2.70. The van der Waals surface area contributed by atoms with E-state index < -0.39 is 5.91 Å². The lowest BCUT2D eigenvalue weighted by atomic mass is 10.3. The van der Waals surface area contributed by atoms with Crippen LogP contribution in [0.4, 0.5) is 5.69 Å². The third-order valence-electron chi connectivity index (χ3n) is 1.95. The molecule has 2 rings (SSSR count). The van der Waals surface area contributed by atoms with Crippen LogP contribution < -0.4 is 11.1 Å². The predicted octanol–water partition coefficient (Wildman–Crippen LogP) is 1.07. The zero-order chi connectivity index (χ0) is 11.5. The van der Waals surface area contributed by atoms with E-state index in [2.05, 4.69) is 10.3 Å². The summed E-state index contributed by atoms with van der Waals surface area (Å²) in [5.41, 5.74) is 6.60. The molecule has 5 nitrogen and oxygen atoms in total. The number of fused-ring (bicyclic) bond motifs is 1. The van der Waals surface area contributed by atoms with E-state index in [1.54, 1.807) is 12.1 Å². The monoisotopic (exact) mass is 232 g/mol. The number of primary amides is 1. The highest BCUT2D eigenvalue weighted by Gasteiger charge is 2.04. The Morgan fingerprint density at radius 3 is 3.12 bits per heavy atom. The highest BCUT2D eigenvalue weighted by Crippen LogP contribution is 2.24. The molecule has 0 bridgehead atoms. The molecule has 1 aromatic carbocycles. The van der Waals surface area contributed by atoms with Crippen LogP contribution in [0.2, 0.25) is 0 Å². The van der Waals surface area contributed by atoms with Gasteiger partial charge in [-0.2, -0.15) is 5.26 Å². The lowest BCUT2D eigenvalue weighted by Gasteiger charge is -2.02. The van der Waals surface area contributed by atoms with Crippen molar-refractivity contribution in [2.75, 3.05) is 11.9 Å². The summed E-state index contributed by atoms with van der Waals surface area (Å²) in [7, 11) is 0. The van der Waals surface area contributed by atoms with Crippen molar-refractivity contribution in [1.29, 1.82) is 5.26 Å². The van der Waals surface area contributed by atoms with Crippen molar-refractivity contribution in [2.45, 2.75) is 0 Å². The molecule has 0 saturated heterocycles. The van der Waals surface area contributed by atoms with Gasteiger partial charge in [-0.15, -0.1) is 11.3 Å². The minimum atomic E-state index is -0.415. The number of aromatic nitrogens is 1. The summed E-state index contributed by atoms with van der Waals surface area (Å²) in [5, 5.41) is 12.0. The normalized spacial score (nSPS) is 9.94. The molecule has 6 heteroatoms. The van der Waals surface area contributed by atoms with Crippen LogP contribution in [0.5, 0.6) is 0 Å². The number of amides is 1. The fourth-order valence-corrected chi connectivity index (χ4v) is 2.07. The molecule has 0 spiro atoms. The van der Waals surface area contributed by atoms with Gasteiger partial charge in [0.1, 0.15) is 6.07 Å². The largest absolute Gasteiger partial charge is 0.376 e. The Bertz CT molecular complexity index is 584. The van der Waals surface area contributed by atoms with Crippen molar-refractivity contribution in [3.05, 3.63) is 23.2 Å². The van der Waals surface area contributed by atoms with Crippen LogP contribution >= 0.6 is 11.3 Å². The van der Waals surface area contributed by atoms with Crippen molar-refractivity contribution in [3.8, 4) is 6.07 Å². The van der Waals surface area contributed by atoms with Crippen molar-refractivity contribution >= 4 is 33.1 Å². The summed E-state index contributed by atoms with van der Waals surface area (Å²) in [5.74, 6) is -0.415. The van der Waals surface area contributed by atoms with Crippen LogP contribution in [0.3, 0.4) is 0 Å². The number of rotatable bonds is 3. The summed E-state index contributed by atoms with van der Waals surface area (Å²) in [4.78, 5) is 14.7. The first kappa shape index (κ1) is 10.4. The molecule has 0 atom stereocenters. The van der Waals surface area contributed by atoms with Gasteiger partial charge in [0, 0.05) is 5.69 Å². The zero-order valence-corrected chi connectivity index (χ0v) is 9.04. The average molecular weight is 232 g/mol. The smallest absolute Gasteiger partial charge is 0.236 e. The van der Waals surface area contributed by atoms with Crippen LogP contribution in [-0.4, -0.2) is 17.4 Å². The van der Waals surface area contributed by atoms with E-state index in [4.69, 9.17) is 11.0 Å². The van der Waals surface area contributed by atoms with Gasteiger partial charge >= 0.3 is 0 Å². The molecule has 0 aliphatic heterocycles. The van der Waals surface area contributed by atoms with Crippen molar-refractivity contribution in [2.24, 2.45) is 5.73 Å². The number of hydrogen-bond acceptors (Lipinski definition) is 5. The lowest BCUT2D eigenvalue weighted by Crippen LogP contribution is -2.21. The third-order valence-corrected chi connectivity index (χ3v) is 2.87. The number of carbonyl (C=O) groups is 1. The van der Waals surface area contributed by atoms with Crippen molar-refractivity contribution < 1.29 is 4.79 Å². The number of benzene rings is 1. The minimum Gasteiger partial charge on any atom is -0.376 e. The molecule has 1 amide bonds. The summed E-state index contributed by atoms with van der Waals surface area (Å²) >= 11 is 1.32. The molecule has 2 aromatic rings. The zero-order valence-electron chi connectivity index (χ0n) is 8.23. The van der Waals surface area contributed by atoms with E-state index in [1.165, 1.54) is 11.3 Å². The van der Waals surface area contributed by atoms with Gasteiger partial charge < -0.3 is 11.1 Å². The molecule has 16 heavy (non-hydrogen) atoms. The molecule has 80 valence electrons. The van der Waals surface area contributed by atoms with E-state index in [9.17, 15) is 4.79 Å². The van der Waals surface area contributed by atoms with E-state index >= 15 is 0 Å². The van der Waals surface area contributed by atoms with E-state index in [1.807, 2.05) is 12.1 Å². The number of nitriles is 1. The highest BCUT2D eigenvalue weighted by molar-refractivity contribution is 7.19. The van der Waals surface area contributed by atoms with E-state index in [-0.39, 0.29) is 6.54 Å². The SMILES string of the molecule is N#Cc1nc2ccc(NCC(N)=O)cc2s1. The van der Waals surface area contributed by atoms with Crippen molar-refractivity contribution in [1.82, 2.24) is 4.98 Å². The van der Waals surface area contributed by atoms with Crippen LogP contribution in [0.1, 0.15) is 5.01 Å². The number of nitrogens with one attached hydrogen (secondary N) is 1. The van der Waals surface area contributed by atoms with Gasteiger partial charge in [-0.1, -0.05) is 0 Å². The third kappa shape index (κ3) is 2.10. The summed E-state index contributed by atoms with van der Waals surface area (Å²) in [6, 6.07) is 7.44. The predicted molar refractivity (Wildman–Crippen MR) is 62.0 cm³/mol. The van der Waals surface area contributed by atoms with Crippen LogP contribution in [0.25, 0.3) is 10.2 Å². The van der Waals surface area contributed by atoms with Gasteiger partial charge in [-0.25, -0.2) is 4.98 Å². The Labute approximate surface area is 95.5 Å². The molecule has 0 fully saturated rings. The second-order valence-corrected chi connectivity index (χ2v) is 4.16. The average Bonchev–Trinajstić information content (AvgIpc) is 2.68. The van der Waals surface area contributed by atoms with E-state index in [0.717, 1.165) is 15.9 Å². The van der Waals surface area contributed by atoms with Crippen LogP contribution in [0, 0.1) is 11.3 Å². The number of anilines is 1. The molecular formula is C10H8N4OS. The minimum absolute atomic E-state index is 0.0927. The fraction of sp³-hybridized carbons (Fsp3) is 0.100. The first-order valence-electron chi connectivity index (χ1n) is 4.52. The van der Waals surface area contributed by atoms with Crippen LogP contribution in [-0.2, 0) is 4.79 Å². The quantitative estimate of drug-likeness (QED) is 0.827. The van der Waals surface area contributed by atoms with Gasteiger partial charge in [0.05, 0.1) is 16.8 Å². The van der Waals surface area contributed by atoms with Gasteiger partial charge in [0.15, 0.2) is 5.01 Å². The first-order valence-corrected chi connectivity index (χ1v) is 5.33. The number of hydrogen-bond donors (Lipinski definition) is 2. The maximum Gasteiger partial charge on any atom is 0.236 e. The van der Waals surface area contributed by atoms with Gasteiger partial charge in [0.25, 0.3) is 0 Å². The van der Waals surface area contributed by atoms with Gasteiger partial charge in [-0.05, 0) is 18.2 Å². The van der Waals surface area contributed by atoms with Crippen LogP contribution in [0.15, 0.2) is 18.2 Å². The standard InChI is InChI=1S/C10H8N4OS/c11-4-10-14-7-2-1-6(3-8(7)16-10)13-5-9(12)15/h1-3,13H,5H2,(H2,12,15). The van der Waals surface area contributed by atoms with Crippen molar-refractivity contribution in [3.63, 3.8) is 0 Å². The second-order valence-electron chi connectivity index (χ2n) is 3.13. The molecule has 1 aromatic heterocycles. The van der Waals surface area contributed by atoms with Gasteiger partial charge in [0.2, 0.25) is 5.91 Å². The Morgan fingerprint density at radius 1 is 1.62 bits per heavy atom. The lowest BCUT2D eigenvalue weighted by molar-refractivity contribution is -0.116. The maximum absolute atomic E-state index is 10.6. The molecule has 0 radical (unpaired) electrons.